The van der Waals surface area contributed by atoms with Gasteiger partial charge in [0.05, 0.1) is 13.1 Å². The van der Waals surface area contributed by atoms with Crippen LogP contribution < -0.4 is 0 Å². The first-order valence-corrected chi connectivity index (χ1v) is 8.36. The summed E-state index contributed by atoms with van der Waals surface area (Å²) >= 11 is 3.00. The molecule has 8 heteroatoms. The fourth-order valence-corrected chi connectivity index (χ4v) is 3.87. The number of hydrogen-bond acceptors (Lipinski definition) is 6. The third-order valence-corrected chi connectivity index (χ3v) is 5.48. The van der Waals surface area contributed by atoms with E-state index in [-0.39, 0.29) is 12.0 Å². The first-order chi connectivity index (χ1) is 9.53. The molecule has 2 aliphatic heterocycles. The molecule has 3 rings (SSSR count). The van der Waals surface area contributed by atoms with Gasteiger partial charge in [0.1, 0.15) is 10.0 Å². The van der Waals surface area contributed by atoms with Crippen LogP contribution in [0.4, 0.5) is 4.79 Å². The lowest BCUT2D eigenvalue weighted by molar-refractivity contribution is 0.0550. The molecule has 2 fully saturated rings. The van der Waals surface area contributed by atoms with Crippen molar-refractivity contribution in [2.45, 2.75) is 16.4 Å². The number of likely N-dealkylation sites (tertiary alicyclic amines) is 1. The van der Waals surface area contributed by atoms with Gasteiger partial charge in [-0.05, 0) is 6.26 Å². The predicted octanol–water partition coefficient (Wildman–Crippen LogP) is 1.53. The number of thioether (sulfide) groups is 1. The average molecular weight is 313 g/mol. The van der Waals surface area contributed by atoms with Gasteiger partial charge < -0.3 is 14.5 Å². The van der Waals surface area contributed by atoms with Gasteiger partial charge in [-0.25, -0.2) is 9.78 Å². The molecule has 0 unspecified atom stereocenters. The maximum absolute atomic E-state index is 12.4. The molecular weight excluding hydrogens is 298 g/mol. The zero-order valence-electron chi connectivity index (χ0n) is 11.3. The van der Waals surface area contributed by atoms with Crippen LogP contribution in [0.15, 0.2) is 9.72 Å². The van der Waals surface area contributed by atoms with Crippen molar-refractivity contribution in [2.24, 2.45) is 0 Å². The molecule has 0 saturated carbocycles. The van der Waals surface area contributed by atoms with Crippen molar-refractivity contribution in [3.05, 3.63) is 11.1 Å². The highest BCUT2D eigenvalue weighted by atomic mass is 32.2. The van der Waals surface area contributed by atoms with E-state index in [0.29, 0.717) is 31.7 Å². The van der Waals surface area contributed by atoms with Crippen LogP contribution >= 0.6 is 23.1 Å². The number of carbonyl (C=O) groups is 2. The molecular formula is C12H15N3O3S2. The van der Waals surface area contributed by atoms with Crippen molar-refractivity contribution in [1.29, 1.82) is 0 Å². The minimum atomic E-state index is -0.528. The quantitative estimate of drug-likeness (QED) is 0.775. The highest BCUT2D eigenvalue weighted by Gasteiger charge is 2.49. The number of rotatable bonds is 2. The van der Waals surface area contributed by atoms with E-state index in [4.69, 9.17) is 4.74 Å². The van der Waals surface area contributed by atoms with Gasteiger partial charge in [0.2, 0.25) is 0 Å². The largest absolute Gasteiger partial charge is 0.439 e. The fraction of sp³-hybridized carbons (Fsp3) is 0.583. The normalized spacial score (nSPS) is 25.6. The van der Waals surface area contributed by atoms with Gasteiger partial charge in [0, 0.05) is 25.4 Å². The average Bonchev–Trinajstić information content (AvgIpc) is 3.10. The van der Waals surface area contributed by atoms with Crippen LogP contribution in [0.2, 0.25) is 0 Å². The van der Waals surface area contributed by atoms with Crippen LogP contribution in [-0.4, -0.2) is 65.3 Å². The van der Waals surface area contributed by atoms with Gasteiger partial charge >= 0.3 is 6.09 Å². The van der Waals surface area contributed by atoms with E-state index in [9.17, 15) is 9.59 Å². The predicted molar refractivity (Wildman–Crippen MR) is 76.3 cm³/mol. The molecule has 0 aliphatic carbocycles. The highest BCUT2D eigenvalue weighted by Crippen LogP contribution is 2.32. The molecule has 6 nitrogen and oxygen atoms in total. The standard InChI is InChI=1S/C12H15N3O3S2/c1-14-6-12(18-11(14)17)3-4-15(7-12)9(16)8-5-20-10(13-8)19-2/h5H,3-4,6-7H2,1-2H3/t12-/m0/s1. The molecule has 0 radical (unpaired) electrons. The monoisotopic (exact) mass is 313 g/mol. The molecule has 1 atom stereocenters. The van der Waals surface area contributed by atoms with Crippen LogP contribution in [-0.2, 0) is 4.74 Å². The highest BCUT2D eigenvalue weighted by molar-refractivity contribution is 8.00. The molecule has 2 saturated heterocycles. The number of hydrogen-bond donors (Lipinski definition) is 0. The SMILES string of the molecule is CSc1nc(C(=O)N2CC[C@]3(CN(C)C(=O)O3)C2)cs1. The zero-order valence-corrected chi connectivity index (χ0v) is 12.9. The van der Waals surface area contributed by atoms with Gasteiger partial charge in [-0.3, -0.25) is 4.79 Å². The Morgan fingerprint density at radius 1 is 1.55 bits per heavy atom. The molecule has 20 heavy (non-hydrogen) atoms. The van der Waals surface area contributed by atoms with Crippen molar-refractivity contribution in [3.63, 3.8) is 0 Å². The van der Waals surface area contributed by atoms with Crippen molar-refractivity contribution in [3.8, 4) is 0 Å². The summed E-state index contributed by atoms with van der Waals surface area (Å²) in [6.45, 7) is 1.60. The number of nitrogens with zero attached hydrogens (tertiary/aromatic N) is 3. The lowest BCUT2D eigenvalue weighted by Crippen LogP contribution is -2.39. The van der Waals surface area contributed by atoms with E-state index in [1.165, 1.54) is 23.1 Å². The Balaban J connectivity index is 1.71. The zero-order chi connectivity index (χ0) is 14.3. The summed E-state index contributed by atoms with van der Waals surface area (Å²) in [5.41, 5.74) is -0.0473. The molecule has 0 aromatic carbocycles. The van der Waals surface area contributed by atoms with Gasteiger partial charge in [-0.2, -0.15) is 0 Å². The fourth-order valence-electron chi connectivity index (χ4n) is 2.63. The van der Waals surface area contributed by atoms with Crippen molar-refractivity contribution in [2.75, 3.05) is 32.9 Å². The van der Waals surface area contributed by atoms with E-state index >= 15 is 0 Å². The summed E-state index contributed by atoms with van der Waals surface area (Å²) in [5, 5.41) is 1.78. The van der Waals surface area contributed by atoms with Crippen LogP contribution in [0.1, 0.15) is 16.9 Å². The Bertz CT molecular complexity index is 562. The second kappa shape index (κ2) is 4.92. The summed E-state index contributed by atoms with van der Waals surface area (Å²) < 4.78 is 6.32. The van der Waals surface area contributed by atoms with E-state index in [1.54, 1.807) is 22.2 Å². The summed E-state index contributed by atoms with van der Waals surface area (Å²) in [4.78, 5) is 31.5. The van der Waals surface area contributed by atoms with Crippen molar-refractivity contribution in [1.82, 2.24) is 14.8 Å². The molecule has 1 aromatic heterocycles. The van der Waals surface area contributed by atoms with E-state index in [0.717, 1.165) is 4.34 Å². The van der Waals surface area contributed by atoms with Crippen molar-refractivity contribution >= 4 is 35.1 Å². The Hall–Kier alpha value is -1.28. The molecule has 1 spiro atoms. The number of carbonyl (C=O) groups excluding carboxylic acids is 2. The summed E-state index contributed by atoms with van der Waals surface area (Å²) in [5.74, 6) is -0.0796. The van der Waals surface area contributed by atoms with E-state index < -0.39 is 5.60 Å². The number of thiazole rings is 1. The van der Waals surface area contributed by atoms with Gasteiger partial charge in [-0.15, -0.1) is 11.3 Å². The summed E-state index contributed by atoms with van der Waals surface area (Å²) in [6, 6.07) is 0. The molecule has 2 amide bonds. The molecule has 108 valence electrons. The minimum absolute atomic E-state index is 0.0796. The van der Waals surface area contributed by atoms with Gasteiger partial charge in [-0.1, -0.05) is 11.8 Å². The minimum Gasteiger partial charge on any atom is -0.439 e. The van der Waals surface area contributed by atoms with E-state index in [1.807, 2.05) is 6.26 Å². The Morgan fingerprint density at radius 3 is 2.95 bits per heavy atom. The maximum atomic E-state index is 12.4. The van der Waals surface area contributed by atoms with Crippen LogP contribution in [0.5, 0.6) is 0 Å². The number of aromatic nitrogens is 1. The smallest absolute Gasteiger partial charge is 0.410 e. The Labute approximate surface area is 125 Å². The molecule has 0 bridgehead atoms. The van der Waals surface area contributed by atoms with Crippen LogP contribution in [0.3, 0.4) is 0 Å². The first kappa shape index (κ1) is 13.7. The van der Waals surface area contributed by atoms with Crippen molar-refractivity contribution < 1.29 is 14.3 Å². The lowest BCUT2D eigenvalue weighted by atomic mass is 10.0. The second-order valence-electron chi connectivity index (χ2n) is 5.09. The van der Waals surface area contributed by atoms with Crippen LogP contribution in [0, 0.1) is 0 Å². The van der Waals surface area contributed by atoms with E-state index in [2.05, 4.69) is 4.98 Å². The first-order valence-electron chi connectivity index (χ1n) is 6.26. The summed E-state index contributed by atoms with van der Waals surface area (Å²) in [7, 11) is 1.72. The Morgan fingerprint density at radius 2 is 2.35 bits per heavy atom. The number of ether oxygens (including phenoxy) is 1. The molecule has 1 aromatic rings. The second-order valence-corrected chi connectivity index (χ2v) is 7.00. The maximum Gasteiger partial charge on any atom is 0.410 e. The number of likely N-dealkylation sites (N-methyl/N-ethyl adjacent to an activating group) is 1. The number of amides is 2. The topological polar surface area (TPSA) is 62.7 Å². The third kappa shape index (κ3) is 2.26. The summed E-state index contributed by atoms with van der Waals surface area (Å²) in [6.07, 6.45) is 2.32. The van der Waals surface area contributed by atoms with Gasteiger partial charge in [0.25, 0.3) is 5.91 Å². The molecule has 0 N–H and O–H groups in total. The van der Waals surface area contributed by atoms with Gasteiger partial charge in [0.15, 0.2) is 5.60 Å². The lowest BCUT2D eigenvalue weighted by Gasteiger charge is -2.21. The van der Waals surface area contributed by atoms with Crippen LogP contribution in [0.25, 0.3) is 0 Å². The molecule has 2 aliphatic rings. The third-order valence-electron chi connectivity index (χ3n) is 3.62. The Kier molecular flexibility index (Phi) is 3.37. The molecule has 3 heterocycles.